The Balaban J connectivity index is 1.26. The molecular weight excluding hydrogens is 380 g/mol. The van der Waals surface area contributed by atoms with Crippen LogP contribution in [0.25, 0.3) is 6.08 Å². The number of nitrogens with zero attached hydrogens (tertiary/aromatic N) is 3. The van der Waals surface area contributed by atoms with Crippen molar-refractivity contribution in [2.24, 2.45) is 5.92 Å². The molecule has 2 aliphatic heterocycles. The van der Waals surface area contributed by atoms with Crippen molar-refractivity contribution in [3.63, 3.8) is 0 Å². The number of carbonyl (C=O) groups is 1. The van der Waals surface area contributed by atoms with E-state index >= 15 is 0 Å². The van der Waals surface area contributed by atoms with Crippen LogP contribution in [0.1, 0.15) is 30.9 Å². The van der Waals surface area contributed by atoms with Crippen LogP contribution in [0.4, 0.5) is 5.82 Å². The Labute approximate surface area is 177 Å². The van der Waals surface area contributed by atoms with Crippen molar-refractivity contribution < 1.29 is 14.3 Å². The SMILES string of the molecule is COc1ccc(/C=C/CN2CCC(n3nccc3NC(=O)C3CCOC3)CC2)cc1. The van der Waals surface area contributed by atoms with Crippen molar-refractivity contribution in [2.75, 3.05) is 45.3 Å². The lowest BCUT2D eigenvalue weighted by Crippen LogP contribution is -2.35. The predicted octanol–water partition coefficient (Wildman–Crippen LogP) is 3.22. The van der Waals surface area contributed by atoms with Gasteiger partial charge in [-0.05, 0) is 37.0 Å². The number of amides is 1. The highest BCUT2D eigenvalue weighted by atomic mass is 16.5. The Morgan fingerprint density at radius 2 is 2.03 bits per heavy atom. The van der Waals surface area contributed by atoms with Crippen LogP contribution in [-0.2, 0) is 9.53 Å². The second-order valence-electron chi connectivity index (χ2n) is 7.92. The van der Waals surface area contributed by atoms with Gasteiger partial charge in [0.15, 0.2) is 0 Å². The zero-order valence-electron chi connectivity index (χ0n) is 17.5. The number of benzene rings is 1. The first-order valence-corrected chi connectivity index (χ1v) is 10.7. The maximum Gasteiger partial charge on any atom is 0.231 e. The second-order valence-corrected chi connectivity index (χ2v) is 7.92. The molecule has 0 saturated carbocycles. The van der Waals surface area contributed by atoms with Gasteiger partial charge in [0, 0.05) is 32.3 Å². The molecule has 2 aromatic rings. The summed E-state index contributed by atoms with van der Waals surface area (Å²) < 4.78 is 12.5. The molecule has 30 heavy (non-hydrogen) atoms. The molecule has 1 amide bonds. The van der Waals surface area contributed by atoms with Gasteiger partial charge in [-0.25, -0.2) is 4.68 Å². The minimum atomic E-state index is -0.0484. The summed E-state index contributed by atoms with van der Waals surface area (Å²) >= 11 is 0. The second kappa shape index (κ2) is 9.91. The topological polar surface area (TPSA) is 68.6 Å². The monoisotopic (exact) mass is 410 g/mol. The van der Waals surface area contributed by atoms with Gasteiger partial charge in [-0.2, -0.15) is 5.10 Å². The van der Waals surface area contributed by atoms with Gasteiger partial charge >= 0.3 is 0 Å². The maximum absolute atomic E-state index is 12.4. The number of carbonyl (C=O) groups excluding carboxylic acids is 1. The molecular formula is C23H30N4O3. The molecule has 0 spiro atoms. The molecule has 160 valence electrons. The van der Waals surface area contributed by atoms with Crippen LogP contribution < -0.4 is 10.1 Å². The Kier molecular flexibility index (Phi) is 6.81. The number of likely N-dealkylation sites (tertiary alicyclic amines) is 1. The number of aromatic nitrogens is 2. The van der Waals surface area contributed by atoms with E-state index < -0.39 is 0 Å². The highest BCUT2D eigenvalue weighted by molar-refractivity contribution is 5.92. The molecule has 1 N–H and O–H groups in total. The summed E-state index contributed by atoms with van der Waals surface area (Å²) in [5.41, 5.74) is 1.18. The molecule has 3 heterocycles. The van der Waals surface area contributed by atoms with E-state index in [9.17, 15) is 4.79 Å². The molecule has 1 aromatic carbocycles. The first kappa shape index (κ1) is 20.6. The van der Waals surface area contributed by atoms with Gasteiger partial charge in [0.05, 0.1) is 31.9 Å². The maximum atomic E-state index is 12.4. The number of anilines is 1. The third-order valence-electron chi connectivity index (χ3n) is 5.91. The minimum absolute atomic E-state index is 0.0374. The molecule has 4 rings (SSSR count). The third-order valence-corrected chi connectivity index (χ3v) is 5.91. The lowest BCUT2D eigenvalue weighted by atomic mass is 10.0. The van der Waals surface area contributed by atoms with Crippen LogP contribution in [-0.4, -0.2) is 60.5 Å². The molecule has 0 bridgehead atoms. The fourth-order valence-corrected chi connectivity index (χ4v) is 4.07. The highest BCUT2D eigenvalue weighted by Gasteiger charge is 2.26. The number of nitrogens with one attached hydrogen (secondary N) is 1. The molecule has 2 saturated heterocycles. The zero-order valence-corrected chi connectivity index (χ0v) is 17.5. The number of methoxy groups -OCH3 is 1. The van der Waals surface area contributed by atoms with E-state index in [1.165, 1.54) is 5.56 Å². The van der Waals surface area contributed by atoms with Crippen LogP contribution in [0.3, 0.4) is 0 Å². The van der Waals surface area contributed by atoms with Crippen molar-refractivity contribution in [3.8, 4) is 5.75 Å². The summed E-state index contributed by atoms with van der Waals surface area (Å²) in [6, 6.07) is 10.3. The summed E-state index contributed by atoms with van der Waals surface area (Å²) in [6.07, 6.45) is 8.97. The van der Waals surface area contributed by atoms with Crippen LogP contribution in [0.2, 0.25) is 0 Å². The molecule has 2 aliphatic rings. The van der Waals surface area contributed by atoms with Gasteiger partial charge in [0.25, 0.3) is 0 Å². The normalized spacial score (nSPS) is 20.6. The van der Waals surface area contributed by atoms with E-state index in [2.05, 4.69) is 39.6 Å². The molecule has 0 radical (unpaired) electrons. The van der Waals surface area contributed by atoms with E-state index in [0.717, 1.165) is 50.5 Å². The molecule has 1 atom stereocenters. The zero-order chi connectivity index (χ0) is 20.8. The smallest absolute Gasteiger partial charge is 0.231 e. The van der Waals surface area contributed by atoms with Crippen molar-refractivity contribution in [1.82, 2.24) is 14.7 Å². The Hall–Kier alpha value is -2.64. The van der Waals surface area contributed by atoms with Crippen LogP contribution in [0.5, 0.6) is 5.75 Å². The van der Waals surface area contributed by atoms with E-state index in [-0.39, 0.29) is 11.8 Å². The van der Waals surface area contributed by atoms with Crippen molar-refractivity contribution in [1.29, 1.82) is 0 Å². The number of hydrogen-bond acceptors (Lipinski definition) is 5. The Morgan fingerprint density at radius 3 is 2.73 bits per heavy atom. The quantitative estimate of drug-likeness (QED) is 0.759. The number of rotatable bonds is 7. The lowest BCUT2D eigenvalue weighted by molar-refractivity contribution is -0.119. The van der Waals surface area contributed by atoms with E-state index in [4.69, 9.17) is 9.47 Å². The lowest BCUT2D eigenvalue weighted by Gasteiger charge is -2.32. The third kappa shape index (κ3) is 5.09. The van der Waals surface area contributed by atoms with Crippen molar-refractivity contribution in [2.45, 2.75) is 25.3 Å². The fourth-order valence-electron chi connectivity index (χ4n) is 4.07. The Bertz CT molecular complexity index is 848. The van der Waals surface area contributed by atoms with Crippen molar-refractivity contribution in [3.05, 3.63) is 48.2 Å². The van der Waals surface area contributed by atoms with Crippen LogP contribution in [0, 0.1) is 5.92 Å². The summed E-state index contributed by atoms with van der Waals surface area (Å²) in [4.78, 5) is 14.9. The van der Waals surface area contributed by atoms with E-state index in [1.54, 1.807) is 13.3 Å². The number of ether oxygens (including phenoxy) is 2. The highest BCUT2D eigenvalue weighted by Crippen LogP contribution is 2.26. The standard InChI is InChI=1S/C23H30N4O3/c1-29-21-6-4-18(5-7-21)3-2-13-26-14-9-20(10-15-26)27-22(8-12-24-27)25-23(28)19-11-16-30-17-19/h2-8,12,19-20H,9-11,13-17H2,1H3,(H,25,28)/b3-2+. The molecule has 1 aromatic heterocycles. The summed E-state index contributed by atoms with van der Waals surface area (Å²) in [5, 5.41) is 7.54. The molecule has 1 unspecified atom stereocenters. The van der Waals surface area contributed by atoms with Gasteiger partial charge < -0.3 is 14.8 Å². The van der Waals surface area contributed by atoms with E-state index in [1.807, 2.05) is 22.9 Å². The van der Waals surface area contributed by atoms with Gasteiger partial charge in [0.2, 0.25) is 5.91 Å². The summed E-state index contributed by atoms with van der Waals surface area (Å²) in [6.45, 7) is 4.15. The van der Waals surface area contributed by atoms with Crippen molar-refractivity contribution >= 4 is 17.8 Å². The fraction of sp³-hybridized carbons (Fsp3) is 0.478. The Morgan fingerprint density at radius 1 is 1.23 bits per heavy atom. The number of hydrogen-bond donors (Lipinski definition) is 1. The molecule has 7 heteroatoms. The van der Waals surface area contributed by atoms with E-state index in [0.29, 0.717) is 19.3 Å². The predicted molar refractivity (Wildman–Crippen MR) is 117 cm³/mol. The summed E-state index contributed by atoms with van der Waals surface area (Å²) in [7, 11) is 1.68. The average Bonchev–Trinajstić information content (AvgIpc) is 3.47. The average molecular weight is 411 g/mol. The van der Waals surface area contributed by atoms with Crippen LogP contribution >= 0.6 is 0 Å². The molecule has 2 fully saturated rings. The largest absolute Gasteiger partial charge is 0.497 e. The minimum Gasteiger partial charge on any atom is -0.497 e. The summed E-state index contributed by atoms with van der Waals surface area (Å²) in [5.74, 6) is 1.66. The van der Waals surface area contributed by atoms with Gasteiger partial charge in [-0.3, -0.25) is 9.69 Å². The molecule has 7 nitrogen and oxygen atoms in total. The first-order chi connectivity index (χ1) is 14.7. The number of piperidine rings is 1. The first-order valence-electron chi connectivity index (χ1n) is 10.7. The van der Waals surface area contributed by atoms with Gasteiger partial charge in [0.1, 0.15) is 11.6 Å². The van der Waals surface area contributed by atoms with Crippen LogP contribution in [0.15, 0.2) is 42.6 Å². The van der Waals surface area contributed by atoms with Gasteiger partial charge in [-0.15, -0.1) is 0 Å². The van der Waals surface area contributed by atoms with Gasteiger partial charge in [-0.1, -0.05) is 24.3 Å². The molecule has 0 aliphatic carbocycles.